The number of carbonyl (C=O) groups excluding carboxylic acids is 1. The summed E-state index contributed by atoms with van der Waals surface area (Å²) < 4.78 is 19.8. The first-order valence-corrected chi connectivity index (χ1v) is 12.0. The lowest BCUT2D eigenvalue weighted by atomic mass is 9.94. The lowest BCUT2D eigenvalue weighted by Gasteiger charge is -2.35. The molecule has 0 fully saturated rings. The Bertz CT molecular complexity index is 1410. The predicted octanol–water partition coefficient (Wildman–Crippen LogP) is 6.31. The molecule has 0 bridgehead atoms. The van der Waals surface area contributed by atoms with E-state index in [0.29, 0.717) is 35.1 Å². The first-order chi connectivity index (χ1) is 17.5. The Morgan fingerprint density at radius 3 is 2.58 bits per heavy atom. The molecule has 0 spiro atoms. The molecular formula is C29H27FN4O2. The monoisotopic (exact) mass is 482 g/mol. The normalized spacial score (nSPS) is 15.8. The molecule has 0 saturated heterocycles. The molecule has 4 aromatic rings. The zero-order valence-electron chi connectivity index (χ0n) is 20.2. The molecule has 2 heterocycles. The van der Waals surface area contributed by atoms with Crippen LogP contribution in [0, 0.1) is 12.7 Å². The lowest BCUT2D eigenvalue weighted by molar-refractivity contribution is 0.204. The number of halogens is 1. The smallest absolute Gasteiger partial charge is 0.322 e. The molecule has 0 saturated carbocycles. The van der Waals surface area contributed by atoms with Gasteiger partial charge < -0.3 is 9.84 Å². The summed E-state index contributed by atoms with van der Waals surface area (Å²) in [7, 11) is 0. The van der Waals surface area contributed by atoms with E-state index in [1.54, 1.807) is 17.0 Å². The van der Waals surface area contributed by atoms with E-state index in [-0.39, 0.29) is 11.8 Å². The van der Waals surface area contributed by atoms with Gasteiger partial charge in [-0.15, -0.1) is 0 Å². The zero-order chi connectivity index (χ0) is 25.1. The van der Waals surface area contributed by atoms with Gasteiger partial charge in [-0.3, -0.25) is 4.90 Å². The summed E-state index contributed by atoms with van der Waals surface area (Å²) in [5.74, 6) is 0.376. The van der Waals surface area contributed by atoms with Crippen LogP contribution in [0.4, 0.5) is 9.18 Å². The van der Waals surface area contributed by atoms with Crippen LogP contribution in [0.1, 0.15) is 42.0 Å². The minimum absolute atomic E-state index is 0.239. The highest BCUT2D eigenvalue weighted by atomic mass is 19.1. The lowest BCUT2D eigenvalue weighted by Crippen LogP contribution is -2.46. The first kappa shape index (κ1) is 23.5. The number of aromatic nitrogens is 2. The van der Waals surface area contributed by atoms with Crippen molar-refractivity contribution < 1.29 is 13.7 Å². The van der Waals surface area contributed by atoms with Crippen LogP contribution in [-0.4, -0.2) is 27.6 Å². The maximum absolute atomic E-state index is 14.1. The van der Waals surface area contributed by atoms with Gasteiger partial charge in [0.25, 0.3) is 5.89 Å². The largest absolute Gasteiger partial charge is 0.334 e. The fourth-order valence-electron chi connectivity index (χ4n) is 4.58. The molecular weight excluding hydrogens is 455 g/mol. The summed E-state index contributed by atoms with van der Waals surface area (Å²) in [6, 6.07) is 23.4. The summed E-state index contributed by atoms with van der Waals surface area (Å²) in [6.07, 6.45) is 1.63. The van der Waals surface area contributed by atoms with Gasteiger partial charge in [0.1, 0.15) is 5.82 Å². The third-order valence-corrected chi connectivity index (χ3v) is 6.40. The molecule has 36 heavy (non-hydrogen) atoms. The van der Waals surface area contributed by atoms with E-state index in [0.717, 1.165) is 24.0 Å². The van der Waals surface area contributed by atoms with E-state index in [9.17, 15) is 9.18 Å². The van der Waals surface area contributed by atoms with Gasteiger partial charge >= 0.3 is 6.03 Å². The third kappa shape index (κ3) is 4.91. The van der Waals surface area contributed by atoms with Crippen LogP contribution in [0.15, 0.2) is 89.1 Å². The Labute approximate surface area is 209 Å². The number of benzene rings is 3. The second kappa shape index (κ2) is 10.2. The number of carbonyl (C=O) groups is 1. The number of allylic oxidation sites excluding steroid dienone is 1. The fraction of sp³-hybridized carbons (Fsp3) is 0.207. The average Bonchev–Trinajstić information content (AvgIpc) is 3.36. The highest BCUT2D eigenvalue weighted by Crippen LogP contribution is 2.37. The summed E-state index contributed by atoms with van der Waals surface area (Å²) in [4.78, 5) is 19.5. The number of urea groups is 1. The fourth-order valence-corrected chi connectivity index (χ4v) is 4.58. The summed E-state index contributed by atoms with van der Waals surface area (Å²) in [5.41, 5.74) is 5.12. The molecule has 3 aromatic carbocycles. The maximum atomic E-state index is 14.1. The van der Waals surface area contributed by atoms with Crippen molar-refractivity contribution in [3.63, 3.8) is 0 Å². The molecule has 6 nitrogen and oxygen atoms in total. The van der Waals surface area contributed by atoms with Gasteiger partial charge in [-0.05, 0) is 56.0 Å². The number of aryl methyl sites for hydroxylation is 2. The molecule has 1 N–H and O–H groups in total. The molecule has 1 aromatic heterocycles. The van der Waals surface area contributed by atoms with Gasteiger partial charge in [-0.2, -0.15) is 4.98 Å². The second-order valence-corrected chi connectivity index (χ2v) is 8.97. The molecule has 5 rings (SSSR count). The minimum Gasteiger partial charge on any atom is -0.334 e. The van der Waals surface area contributed by atoms with Gasteiger partial charge in [-0.1, -0.05) is 71.4 Å². The number of amides is 2. The topological polar surface area (TPSA) is 71.3 Å². The van der Waals surface area contributed by atoms with Crippen molar-refractivity contribution in [3.8, 4) is 11.4 Å². The Hall–Kier alpha value is -4.26. The zero-order valence-corrected chi connectivity index (χ0v) is 20.2. The summed E-state index contributed by atoms with van der Waals surface area (Å²) in [6.45, 7) is 4.39. The molecule has 1 unspecified atom stereocenters. The van der Waals surface area contributed by atoms with E-state index in [4.69, 9.17) is 4.52 Å². The van der Waals surface area contributed by atoms with Crippen LogP contribution in [-0.2, 0) is 6.42 Å². The van der Waals surface area contributed by atoms with E-state index >= 15 is 0 Å². The number of hydrogen-bond donors (Lipinski definition) is 1. The molecule has 1 atom stereocenters. The molecule has 7 heteroatoms. The molecule has 0 aliphatic carbocycles. The van der Waals surface area contributed by atoms with Crippen molar-refractivity contribution in [2.75, 3.05) is 6.54 Å². The van der Waals surface area contributed by atoms with Crippen molar-refractivity contribution in [2.24, 2.45) is 0 Å². The molecule has 2 amide bonds. The highest BCUT2D eigenvalue weighted by molar-refractivity contribution is 5.86. The number of nitrogens with zero attached hydrogens (tertiary/aromatic N) is 3. The molecule has 1 aliphatic heterocycles. The second-order valence-electron chi connectivity index (χ2n) is 8.97. The van der Waals surface area contributed by atoms with Crippen LogP contribution in [0.25, 0.3) is 17.0 Å². The van der Waals surface area contributed by atoms with Gasteiger partial charge in [0.2, 0.25) is 5.82 Å². The van der Waals surface area contributed by atoms with Crippen molar-refractivity contribution in [3.05, 3.63) is 113 Å². The highest BCUT2D eigenvalue weighted by Gasteiger charge is 2.35. The SMILES string of the molecule is CC1=C(c2nc(-c3cccc(C)c3)no2)C(c2cccc(F)c2)NC(=O)N1CCCc1ccccc1. The maximum Gasteiger partial charge on any atom is 0.322 e. The minimum atomic E-state index is -0.621. The van der Waals surface area contributed by atoms with Gasteiger partial charge in [0.15, 0.2) is 0 Å². The molecule has 0 radical (unpaired) electrons. The Kier molecular flexibility index (Phi) is 6.62. The summed E-state index contributed by atoms with van der Waals surface area (Å²) in [5, 5.41) is 7.23. The van der Waals surface area contributed by atoms with Crippen LogP contribution in [0.5, 0.6) is 0 Å². The van der Waals surface area contributed by atoms with E-state index < -0.39 is 6.04 Å². The summed E-state index contributed by atoms with van der Waals surface area (Å²) >= 11 is 0. The Balaban J connectivity index is 1.50. The Morgan fingerprint density at radius 1 is 1.00 bits per heavy atom. The number of nitrogens with one attached hydrogen (secondary N) is 1. The van der Waals surface area contributed by atoms with E-state index in [1.165, 1.54) is 17.7 Å². The number of hydrogen-bond acceptors (Lipinski definition) is 4. The van der Waals surface area contributed by atoms with Crippen LogP contribution in [0.3, 0.4) is 0 Å². The van der Waals surface area contributed by atoms with Crippen molar-refractivity contribution in [1.82, 2.24) is 20.4 Å². The number of rotatable bonds is 7. The van der Waals surface area contributed by atoms with Crippen LogP contribution < -0.4 is 5.32 Å². The van der Waals surface area contributed by atoms with Crippen LogP contribution >= 0.6 is 0 Å². The molecule has 182 valence electrons. The third-order valence-electron chi connectivity index (χ3n) is 6.40. The van der Waals surface area contributed by atoms with Crippen molar-refractivity contribution >= 4 is 11.6 Å². The predicted molar refractivity (Wildman–Crippen MR) is 136 cm³/mol. The standard InChI is InChI=1S/C29H27FN4O2/c1-19-9-6-14-23(17-19)27-32-28(36-33-27)25-20(2)34(16-8-12-21-10-4-3-5-11-21)29(35)31-26(25)22-13-7-15-24(30)18-22/h3-7,9-11,13-15,17-18,26H,8,12,16H2,1-2H3,(H,31,35). The van der Waals surface area contributed by atoms with Crippen LogP contribution in [0.2, 0.25) is 0 Å². The van der Waals surface area contributed by atoms with Crippen molar-refractivity contribution in [1.29, 1.82) is 0 Å². The van der Waals surface area contributed by atoms with E-state index in [2.05, 4.69) is 27.6 Å². The first-order valence-electron chi connectivity index (χ1n) is 12.0. The van der Waals surface area contributed by atoms with Gasteiger partial charge in [0.05, 0.1) is 11.6 Å². The Morgan fingerprint density at radius 2 is 1.81 bits per heavy atom. The molecule has 1 aliphatic rings. The van der Waals surface area contributed by atoms with E-state index in [1.807, 2.05) is 56.3 Å². The van der Waals surface area contributed by atoms with Crippen molar-refractivity contribution in [2.45, 2.75) is 32.7 Å². The van der Waals surface area contributed by atoms with Gasteiger partial charge in [-0.25, -0.2) is 9.18 Å². The quantitative estimate of drug-likeness (QED) is 0.335. The average molecular weight is 483 g/mol. The van der Waals surface area contributed by atoms with Gasteiger partial charge in [0, 0.05) is 17.8 Å².